The van der Waals surface area contributed by atoms with Crippen molar-refractivity contribution in [2.45, 2.75) is 43.5 Å². The summed E-state index contributed by atoms with van der Waals surface area (Å²) in [4.78, 5) is 12.2. The van der Waals surface area contributed by atoms with Crippen molar-refractivity contribution in [1.29, 1.82) is 0 Å². The number of nitrogens with two attached hydrogens (primary N) is 1. The highest BCUT2D eigenvalue weighted by atomic mass is 32.2. The van der Waals surface area contributed by atoms with Crippen molar-refractivity contribution in [2.75, 3.05) is 6.26 Å². The van der Waals surface area contributed by atoms with Gasteiger partial charge in [0.1, 0.15) is 0 Å². The molecule has 3 nitrogen and oxygen atoms in total. The van der Waals surface area contributed by atoms with Gasteiger partial charge in [0.05, 0.1) is 0 Å². The van der Waals surface area contributed by atoms with Crippen LogP contribution in [0.1, 0.15) is 41.6 Å². The average Bonchev–Trinajstić information content (AvgIpc) is 2.48. The molecular formula is C15H22N2OS. The molecule has 0 radical (unpaired) electrons. The molecular weight excluding hydrogens is 256 g/mol. The van der Waals surface area contributed by atoms with Gasteiger partial charge in [0.15, 0.2) is 0 Å². The molecule has 104 valence electrons. The van der Waals surface area contributed by atoms with E-state index < -0.39 is 0 Å². The van der Waals surface area contributed by atoms with Gasteiger partial charge in [-0.15, -0.1) is 0 Å². The summed E-state index contributed by atoms with van der Waals surface area (Å²) in [5, 5.41) is 3.74. The molecule has 2 unspecified atom stereocenters. The van der Waals surface area contributed by atoms with Gasteiger partial charge in [-0.05, 0) is 36.8 Å². The van der Waals surface area contributed by atoms with Crippen molar-refractivity contribution < 1.29 is 4.79 Å². The smallest absolute Gasteiger partial charge is 0.251 e. The number of nitrogens with one attached hydrogen (secondary N) is 1. The number of thioether (sulfide) groups is 1. The van der Waals surface area contributed by atoms with Crippen molar-refractivity contribution in [2.24, 2.45) is 5.73 Å². The minimum absolute atomic E-state index is 0.0366. The monoisotopic (exact) mass is 278 g/mol. The molecule has 0 saturated heterocycles. The summed E-state index contributed by atoms with van der Waals surface area (Å²) >= 11 is 1.87. The Morgan fingerprint density at radius 1 is 1.32 bits per heavy atom. The molecule has 3 N–H and O–H groups in total. The van der Waals surface area contributed by atoms with E-state index in [9.17, 15) is 4.79 Å². The molecule has 2 atom stereocenters. The Hall–Kier alpha value is -1.00. The number of hydrogen-bond donors (Lipinski definition) is 2. The van der Waals surface area contributed by atoms with Gasteiger partial charge in [-0.2, -0.15) is 11.8 Å². The van der Waals surface area contributed by atoms with Crippen LogP contribution in [0, 0.1) is 0 Å². The maximum absolute atomic E-state index is 12.2. The van der Waals surface area contributed by atoms with Crippen LogP contribution in [-0.2, 0) is 6.54 Å². The maximum atomic E-state index is 12.2. The molecule has 1 aliphatic rings. The SMILES string of the molecule is CSC1CCCCC1NC(=O)c1ccc(CN)cc1. The molecule has 1 aromatic carbocycles. The van der Waals surface area contributed by atoms with Gasteiger partial charge < -0.3 is 11.1 Å². The third-order valence-corrected chi connectivity index (χ3v) is 4.94. The molecule has 1 fully saturated rings. The van der Waals surface area contributed by atoms with Crippen molar-refractivity contribution in [3.8, 4) is 0 Å². The van der Waals surface area contributed by atoms with Crippen LogP contribution in [0.15, 0.2) is 24.3 Å². The van der Waals surface area contributed by atoms with E-state index in [1.165, 1.54) is 19.3 Å². The highest BCUT2D eigenvalue weighted by Crippen LogP contribution is 2.27. The summed E-state index contributed by atoms with van der Waals surface area (Å²) in [6.45, 7) is 0.513. The van der Waals surface area contributed by atoms with Crippen LogP contribution < -0.4 is 11.1 Å². The highest BCUT2D eigenvalue weighted by Gasteiger charge is 2.25. The zero-order valence-corrected chi connectivity index (χ0v) is 12.2. The second-order valence-electron chi connectivity index (χ2n) is 5.04. The number of amides is 1. The van der Waals surface area contributed by atoms with Crippen LogP contribution in [0.25, 0.3) is 0 Å². The molecule has 0 spiro atoms. The van der Waals surface area contributed by atoms with E-state index in [1.807, 2.05) is 36.0 Å². The molecule has 0 bridgehead atoms. The van der Waals surface area contributed by atoms with E-state index in [-0.39, 0.29) is 5.91 Å². The second-order valence-corrected chi connectivity index (χ2v) is 6.12. The zero-order chi connectivity index (χ0) is 13.7. The summed E-state index contributed by atoms with van der Waals surface area (Å²) in [7, 11) is 0. The standard InChI is InChI=1S/C15H22N2OS/c1-19-14-5-3-2-4-13(14)17-15(18)12-8-6-11(10-16)7-9-12/h6-9,13-14H,2-5,10,16H2,1H3,(H,17,18). The summed E-state index contributed by atoms with van der Waals surface area (Å²) in [6.07, 6.45) is 6.93. The average molecular weight is 278 g/mol. The largest absolute Gasteiger partial charge is 0.348 e. The Kier molecular flexibility index (Phi) is 5.28. The van der Waals surface area contributed by atoms with Gasteiger partial charge in [0.25, 0.3) is 5.91 Å². The van der Waals surface area contributed by atoms with Crippen molar-refractivity contribution in [3.05, 3.63) is 35.4 Å². The fraction of sp³-hybridized carbons (Fsp3) is 0.533. The molecule has 1 aliphatic carbocycles. The minimum atomic E-state index is 0.0366. The predicted molar refractivity (Wildman–Crippen MR) is 81.4 cm³/mol. The van der Waals surface area contributed by atoms with E-state index in [0.29, 0.717) is 17.8 Å². The molecule has 0 aromatic heterocycles. The van der Waals surface area contributed by atoms with E-state index in [4.69, 9.17) is 5.73 Å². The van der Waals surface area contributed by atoms with Crippen molar-refractivity contribution in [1.82, 2.24) is 5.32 Å². The van der Waals surface area contributed by atoms with E-state index in [2.05, 4.69) is 11.6 Å². The molecule has 1 amide bonds. The van der Waals surface area contributed by atoms with Crippen LogP contribution in [0.2, 0.25) is 0 Å². The molecule has 19 heavy (non-hydrogen) atoms. The lowest BCUT2D eigenvalue weighted by Gasteiger charge is -2.30. The quantitative estimate of drug-likeness (QED) is 0.890. The number of rotatable bonds is 4. The molecule has 4 heteroatoms. The maximum Gasteiger partial charge on any atom is 0.251 e. The Balaban J connectivity index is 1.98. The Bertz CT molecular complexity index is 419. The van der Waals surface area contributed by atoms with Gasteiger partial charge in [-0.3, -0.25) is 4.79 Å². The van der Waals surface area contributed by atoms with E-state index in [1.54, 1.807) is 0 Å². The van der Waals surface area contributed by atoms with Crippen LogP contribution in [-0.4, -0.2) is 23.5 Å². The topological polar surface area (TPSA) is 55.1 Å². The zero-order valence-electron chi connectivity index (χ0n) is 11.4. The Morgan fingerprint density at radius 2 is 2.00 bits per heavy atom. The van der Waals surface area contributed by atoms with Gasteiger partial charge in [0.2, 0.25) is 0 Å². The number of carbonyl (C=O) groups excluding carboxylic acids is 1. The Labute approximate surface area is 119 Å². The van der Waals surface area contributed by atoms with Crippen molar-refractivity contribution in [3.63, 3.8) is 0 Å². The molecule has 2 rings (SSSR count). The van der Waals surface area contributed by atoms with E-state index >= 15 is 0 Å². The second kappa shape index (κ2) is 6.96. The summed E-state index contributed by atoms with van der Waals surface area (Å²) in [6, 6.07) is 7.86. The summed E-state index contributed by atoms with van der Waals surface area (Å²) in [5.41, 5.74) is 7.34. The first-order chi connectivity index (χ1) is 9.24. The van der Waals surface area contributed by atoms with Crippen LogP contribution in [0.4, 0.5) is 0 Å². The normalized spacial score (nSPS) is 23.1. The first-order valence-electron chi connectivity index (χ1n) is 6.87. The lowest BCUT2D eigenvalue weighted by Crippen LogP contribution is -2.43. The first-order valence-corrected chi connectivity index (χ1v) is 8.16. The molecule has 0 heterocycles. The molecule has 0 aliphatic heterocycles. The van der Waals surface area contributed by atoms with Crippen LogP contribution in [0.3, 0.4) is 0 Å². The van der Waals surface area contributed by atoms with E-state index in [0.717, 1.165) is 17.5 Å². The van der Waals surface area contributed by atoms with Gasteiger partial charge in [0, 0.05) is 23.4 Å². The first kappa shape index (κ1) is 14.4. The third-order valence-electron chi connectivity index (χ3n) is 3.77. The van der Waals surface area contributed by atoms with Crippen LogP contribution >= 0.6 is 11.8 Å². The Morgan fingerprint density at radius 3 is 2.63 bits per heavy atom. The summed E-state index contributed by atoms with van der Waals surface area (Å²) in [5.74, 6) is 0.0366. The third kappa shape index (κ3) is 3.74. The highest BCUT2D eigenvalue weighted by molar-refractivity contribution is 7.99. The predicted octanol–water partition coefficient (Wildman–Crippen LogP) is 2.55. The van der Waals surface area contributed by atoms with Gasteiger partial charge in [-0.1, -0.05) is 25.0 Å². The fourth-order valence-corrected chi connectivity index (χ4v) is 3.52. The molecule has 1 saturated carbocycles. The van der Waals surface area contributed by atoms with Crippen molar-refractivity contribution >= 4 is 17.7 Å². The lowest BCUT2D eigenvalue weighted by atomic mass is 9.94. The number of carbonyl (C=O) groups is 1. The van der Waals surface area contributed by atoms with Gasteiger partial charge >= 0.3 is 0 Å². The minimum Gasteiger partial charge on any atom is -0.348 e. The number of benzene rings is 1. The van der Waals surface area contributed by atoms with Crippen LogP contribution in [0.5, 0.6) is 0 Å². The molecule has 1 aromatic rings. The summed E-state index contributed by atoms with van der Waals surface area (Å²) < 4.78 is 0. The number of hydrogen-bond acceptors (Lipinski definition) is 3. The fourth-order valence-electron chi connectivity index (χ4n) is 2.59. The van der Waals surface area contributed by atoms with Gasteiger partial charge in [-0.25, -0.2) is 0 Å². The lowest BCUT2D eigenvalue weighted by molar-refractivity contribution is 0.0929.